The first-order valence-corrected chi connectivity index (χ1v) is 9.20. The Hall–Kier alpha value is -3.15. The highest BCUT2D eigenvalue weighted by Crippen LogP contribution is 2.22. The van der Waals surface area contributed by atoms with Gasteiger partial charge in [0.2, 0.25) is 0 Å². The quantitative estimate of drug-likeness (QED) is 0.703. The van der Waals surface area contributed by atoms with E-state index in [1.807, 2.05) is 65.0 Å². The highest BCUT2D eigenvalue weighted by Gasteiger charge is 2.16. The van der Waals surface area contributed by atoms with Crippen LogP contribution in [0.25, 0.3) is 10.8 Å². The number of anilines is 1. The number of amides is 1. The molecule has 0 saturated carbocycles. The number of fused-ring (bicyclic) bond motifs is 1. The Labute approximate surface area is 163 Å². The van der Waals surface area contributed by atoms with Crippen molar-refractivity contribution < 1.29 is 9.53 Å². The van der Waals surface area contributed by atoms with E-state index in [2.05, 4.69) is 15.5 Å². The van der Waals surface area contributed by atoms with Crippen LogP contribution in [0.2, 0.25) is 0 Å². The second-order valence-electron chi connectivity index (χ2n) is 7.99. The number of ether oxygens (including phenoxy) is 1. The Balaban J connectivity index is 1.89. The predicted octanol–water partition coefficient (Wildman–Crippen LogP) is 4.48. The van der Waals surface area contributed by atoms with Crippen LogP contribution in [-0.2, 0) is 11.2 Å². The van der Waals surface area contributed by atoms with E-state index in [0.29, 0.717) is 17.5 Å². The summed E-state index contributed by atoms with van der Waals surface area (Å²) in [6.07, 6.45) is 0.0305. The molecule has 28 heavy (non-hydrogen) atoms. The summed E-state index contributed by atoms with van der Waals surface area (Å²) in [7, 11) is 0. The van der Waals surface area contributed by atoms with Gasteiger partial charge in [-0.05, 0) is 75.6 Å². The van der Waals surface area contributed by atoms with Crippen LogP contribution in [0.1, 0.15) is 43.2 Å². The fourth-order valence-electron chi connectivity index (χ4n) is 2.99. The Morgan fingerprint density at radius 2 is 1.79 bits per heavy atom. The summed E-state index contributed by atoms with van der Waals surface area (Å²) in [5.74, 6) is 0. The molecule has 0 fully saturated rings. The molecule has 3 rings (SSSR count). The van der Waals surface area contributed by atoms with Crippen LogP contribution in [0, 0.1) is 13.8 Å². The molecule has 1 amide bonds. The monoisotopic (exact) mass is 379 g/mol. The number of nitrogens with one attached hydrogen (secondary N) is 2. The smallest absolute Gasteiger partial charge is 0.412 e. The summed E-state index contributed by atoms with van der Waals surface area (Å²) < 4.78 is 5.29. The molecule has 3 aromatic rings. The maximum absolute atomic E-state index is 12.2. The molecule has 0 saturated heterocycles. The van der Waals surface area contributed by atoms with Gasteiger partial charge in [0.25, 0.3) is 5.56 Å². The van der Waals surface area contributed by atoms with E-state index in [0.717, 1.165) is 27.8 Å². The third-order valence-corrected chi connectivity index (χ3v) is 4.43. The minimum absolute atomic E-state index is 0.192. The van der Waals surface area contributed by atoms with Crippen molar-refractivity contribution in [3.63, 3.8) is 0 Å². The van der Waals surface area contributed by atoms with E-state index in [-0.39, 0.29) is 5.56 Å². The van der Waals surface area contributed by atoms with Gasteiger partial charge in [-0.2, -0.15) is 5.10 Å². The molecule has 0 aliphatic rings. The number of hydrogen-bond acceptors (Lipinski definition) is 4. The van der Waals surface area contributed by atoms with Crippen molar-refractivity contribution >= 4 is 22.6 Å². The van der Waals surface area contributed by atoms with Crippen molar-refractivity contribution in [1.82, 2.24) is 10.2 Å². The molecule has 0 aliphatic carbocycles. The summed E-state index contributed by atoms with van der Waals surface area (Å²) in [5, 5.41) is 11.1. The molecule has 0 atom stereocenters. The van der Waals surface area contributed by atoms with Crippen LogP contribution >= 0.6 is 0 Å². The molecule has 146 valence electrons. The number of benzene rings is 2. The Morgan fingerprint density at radius 3 is 2.46 bits per heavy atom. The maximum atomic E-state index is 12.2. The van der Waals surface area contributed by atoms with E-state index in [4.69, 9.17) is 4.74 Å². The predicted molar refractivity (Wildman–Crippen MR) is 111 cm³/mol. The normalized spacial score (nSPS) is 11.5. The molecule has 0 bridgehead atoms. The highest BCUT2D eigenvalue weighted by atomic mass is 16.6. The summed E-state index contributed by atoms with van der Waals surface area (Å²) in [5.41, 5.74) is 3.82. The molecular formula is C22H25N3O3. The van der Waals surface area contributed by atoms with E-state index in [1.54, 1.807) is 6.07 Å². The van der Waals surface area contributed by atoms with Gasteiger partial charge in [0, 0.05) is 17.5 Å². The maximum Gasteiger partial charge on any atom is 0.412 e. The lowest BCUT2D eigenvalue weighted by Crippen LogP contribution is -2.27. The molecule has 0 spiro atoms. The summed E-state index contributed by atoms with van der Waals surface area (Å²) in [6.45, 7) is 9.46. The summed E-state index contributed by atoms with van der Waals surface area (Å²) in [6, 6.07) is 11.4. The second kappa shape index (κ2) is 7.46. The minimum atomic E-state index is -0.559. The number of rotatable bonds is 3. The van der Waals surface area contributed by atoms with E-state index < -0.39 is 11.7 Å². The SMILES string of the molecule is Cc1cc2c(Cc3cccc(NC(=O)OC(C)(C)C)c3)n[nH]c(=O)c2cc1C. The van der Waals surface area contributed by atoms with Crippen molar-refractivity contribution in [3.8, 4) is 0 Å². The lowest BCUT2D eigenvalue weighted by molar-refractivity contribution is 0.0636. The molecule has 1 heterocycles. The first-order chi connectivity index (χ1) is 13.1. The zero-order chi connectivity index (χ0) is 20.5. The Kier molecular flexibility index (Phi) is 5.23. The van der Waals surface area contributed by atoms with Gasteiger partial charge in [-0.25, -0.2) is 9.89 Å². The average molecular weight is 379 g/mol. The molecule has 2 N–H and O–H groups in total. The first-order valence-electron chi connectivity index (χ1n) is 9.20. The minimum Gasteiger partial charge on any atom is -0.444 e. The van der Waals surface area contributed by atoms with Gasteiger partial charge in [0.05, 0.1) is 11.1 Å². The Bertz CT molecular complexity index is 1090. The highest BCUT2D eigenvalue weighted by molar-refractivity contribution is 5.86. The lowest BCUT2D eigenvalue weighted by Gasteiger charge is -2.19. The number of carbonyl (C=O) groups excluding carboxylic acids is 1. The van der Waals surface area contributed by atoms with Gasteiger partial charge in [-0.3, -0.25) is 10.1 Å². The molecule has 6 nitrogen and oxygen atoms in total. The number of aryl methyl sites for hydroxylation is 2. The van der Waals surface area contributed by atoms with Gasteiger partial charge >= 0.3 is 6.09 Å². The molecule has 0 aliphatic heterocycles. The van der Waals surface area contributed by atoms with Crippen molar-refractivity contribution in [2.24, 2.45) is 0 Å². The van der Waals surface area contributed by atoms with Gasteiger partial charge in [-0.15, -0.1) is 0 Å². The number of H-pyrrole nitrogens is 1. The molecular weight excluding hydrogens is 354 g/mol. The fraction of sp³-hybridized carbons (Fsp3) is 0.318. The number of carbonyl (C=O) groups is 1. The van der Waals surface area contributed by atoms with Crippen molar-refractivity contribution in [2.75, 3.05) is 5.32 Å². The van der Waals surface area contributed by atoms with Crippen LogP contribution in [0.4, 0.5) is 10.5 Å². The van der Waals surface area contributed by atoms with Crippen LogP contribution in [0.5, 0.6) is 0 Å². The topological polar surface area (TPSA) is 84.1 Å². The van der Waals surface area contributed by atoms with Gasteiger partial charge in [0.15, 0.2) is 0 Å². The number of aromatic amines is 1. The Morgan fingerprint density at radius 1 is 1.11 bits per heavy atom. The third kappa shape index (κ3) is 4.57. The molecule has 2 aromatic carbocycles. The van der Waals surface area contributed by atoms with Gasteiger partial charge < -0.3 is 4.74 Å². The molecule has 0 unspecified atom stereocenters. The average Bonchev–Trinajstić information content (AvgIpc) is 2.58. The molecule has 6 heteroatoms. The van der Waals surface area contributed by atoms with Crippen molar-refractivity contribution in [2.45, 2.75) is 46.6 Å². The number of hydrogen-bond donors (Lipinski definition) is 2. The second-order valence-corrected chi connectivity index (χ2v) is 7.99. The van der Waals surface area contributed by atoms with Crippen molar-refractivity contribution in [1.29, 1.82) is 0 Å². The van der Waals surface area contributed by atoms with Gasteiger partial charge in [0.1, 0.15) is 5.60 Å². The van der Waals surface area contributed by atoms with Crippen LogP contribution < -0.4 is 10.9 Å². The zero-order valence-electron chi connectivity index (χ0n) is 16.8. The van der Waals surface area contributed by atoms with Crippen LogP contribution in [0.15, 0.2) is 41.2 Å². The van der Waals surface area contributed by atoms with E-state index in [1.165, 1.54) is 0 Å². The third-order valence-electron chi connectivity index (χ3n) is 4.43. The first kappa shape index (κ1) is 19.6. The zero-order valence-corrected chi connectivity index (χ0v) is 16.8. The molecule has 0 radical (unpaired) electrons. The summed E-state index contributed by atoms with van der Waals surface area (Å²) >= 11 is 0. The fourth-order valence-corrected chi connectivity index (χ4v) is 2.99. The molecule has 1 aromatic heterocycles. The standard InChI is InChI=1S/C22H25N3O3/c1-13-9-17-18(10-14(13)2)20(26)25-24-19(17)12-15-7-6-8-16(11-15)23-21(27)28-22(3,4)5/h6-11H,12H2,1-5H3,(H,23,27)(H,25,26). The summed E-state index contributed by atoms with van der Waals surface area (Å²) in [4.78, 5) is 24.2. The largest absolute Gasteiger partial charge is 0.444 e. The van der Waals surface area contributed by atoms with E-state index >= 15 is 0 Å². The van der Waals surface area contributed by atoms with Gasteiger partial charge in [-0.1, -0.05) is 12.1 Å². The van der Waals surface area contributed by atoms with Crippen molar-refractivity contribution in [3.05, 3.63) is 69.1 Å². The van der Waals surface area contributed by atoms with Crippen LogP contribution in [0.3, 0.4) is 0 Å². The van der Waals surface area contributed by atoms with E-state index in [9.17, 15) is 9.59 Å². The number of aromatic nitrogens is 2. The van der Waals surface area contributed by atoms with Crippen LogP contribution in [-0.4, -0.2) is 21.9 Å². The number of nitrogens with zero attached hydrogens (tertiary/aromatic N) is 1. The lowest BCUT2D eigenvalue weighted by atomic mass is 10.00.